The molecule has 0 aliphatic carbocycles. The van der Waals surface area contributed by atoms with Crippen LogP contribution < -0.4 is 16.0 Å². The van der Waals surface area contributed by atoms with Crippen LogP contribution in [0.2, 0.25) is 10.0 Å². The summed E-state index contributed by atoms with van der Waals surface area (Å²) in [6.07, 6.45) is 1.80. The number of nitrogens with one attached hydrogen (secondary N) is 3. The molecule has 4 N–H and O–H groups in total. The maximum atomic E-state index is 15.6. The van der Waals surface area contributed by atoms with E-state index < -0.39 is 29.1 Å². The highest BCUT2D eigenvalue weighted by molar-refractivity contribution is 6.31. The zero-order valence-electron chi connectivity index (χ0n) is 21.1. The third kappa shape index (κ3) is 6.03. The Bertz CT molecular complexity index is 1080. The van der Waals surface area contributed by atoms with Crippen molar-refractivity contribution in [3.8, 4) is 0 Å². The summed E-state index contributed by atoms with van der Waals surface area (Å²) in [5, 5.41) is 19.1. The van der Waals surface area contributed by atoms with Crippen molar-refractivity contribution in [3.63, 3.8) is 0 Å². The molecule has 3 rings (SSSR count). The fraction of sp³-hybridized carbons (Fsp3) is 0.519. The van der Waals surface area contributed by atoms with E-state index in [9.17, 15) is 9.18 Å². The summed E-state index contributed by atoms with van der Waals surface area (Å²) in [6.45, 7) is 6.68. The predicted molar refractivity (Wildman–Crippen MR) is 140 cm³/mol. The lowest BCUT2D eigenvalue weighted by molar-refractivity contribution is -0.123. The monoisotopic (exact) mass is 541 g/mol. The minimum atomic E-state index is -1.09. The van der Waals surface area contributed by atoms with Crippen LogP contribution in [0.1, 0.15) is 57.1 Å². The Morgan fingerprint density at radius 2 is 1.83 bits per heavy atom. The number of hydrogen-bond acceptors (Lipinski definition) is 4. The molecule has 1 heterocycles. The summed E-state index contributed by atoms with van der Waals surface area (Å²) in [5.41, 5.74) is -0.294. The number of unbranched alkanes of at least 4 members (excludes halogenated alkanes) is 1. The summed E-state index contributed by atoms with van der Waals surface area (Å²) in [5.74, 6) is -1.97. The highest BCUT2D eigenvalue weighted by Crippen LogP contribution is 2.50. The Hall–Kier alpha value is -1.77. The predicted octanol–water partition coefficient (Wildman–Crippen LogP) is 5.14. The minimum Gasteiger partial charge on any atom is -0.396 e. The molecule has 0 aromatic heterocycles. The van der Waals surface area contributed by atoms with E-state index in [1.165, 1.54) is 18.2 Å². The number of likely N-dealkylation sites (N-methyl/N-ethyl adjacent to an activating group) is 1. The Balaban J connectivity index is 2.22. The van der Waals surface area contributed by atoms with Gasteiger partial charge >= 0.3 is 0 Å². The first-order chi connectivity index (χ1) is 16.9. The average molecular weight is 542 g/mol. The van der Waals surface area contributed by atoms with Gasteiger partial charge in [-0.1, -0.05) is 56.1 Å². The van der Waals surface area contributed by atoms with E-state index >= 15 is 4.39 Å². The smallest absolute Gasteiger partial charge is 0.237 e. The van der Waals surface area contributed by atoms with E-state index in [1.807, 2.05) is 0 Å². The first kappa shape index (κ1) is 28.8. The van der Waals surface area contributed by atoms with Gasteiger partial charge < -0.3 is 21.1 Å². The summed E-state index contributed by atoms with van der Waals surface area (Å²) in [4.78, 5) is 13.5. The molecule has 0 bridgehead atoms. The van der Waals surface area contributed by atoms with Crippen LogP contribution in [-0.2, 0) is 10.3 Å². The SMILES string of the molecule is CN[C@]1(c2ccc(Cl)cc2F)[C@H](CC(C)(C)C)N[C@@H](C(=O)NCCCCO)[C@@H]1c1ccc(F)c(Cl)c1. The number of rotatable bonds is 9. The summed E-state index contributed by atoms with van der Waals surface area (Å²) >= 11 is 12.3. The standard InChI is InChI=1S/C27H35Cl2F2N3O2/c1-26(2,3)15-22-27(32-4,18-9-8-17(28)14-21(18)31)23(16-7-10-20(30)19(29)13-16)24(34-22)25(36)33-11-5-6-12-35/h7-10,13-14,22-24,32,34-35H,5-6,11-12,15H2,1-4H3,(H,33,36)/t22-,23-,24+,27+/m0/s1. The van der Waals surface area contributed by atoms with E-state index in [4.69, 9.17) is 28.3 Å². The maximum Gasteiger partial charge on any atom is 0.237 e. The number of aliphatic hydroxyl groups excluding tert-OH is 1. The van der Waals surface area contributed by atoms with Gasteiger partial charge in [-0.2, -0.15) is 0 Å². The molecule has 2 aromatic rings. The molecule has 9 heteroatoms. The second kappa shape index (κ2) is 11.7. The molecule has 0 unspecified atom stereocenters. The van der Waals surface area contributed by atoms with Crippen molar-refractivity contribution in [1.82, 2.24) is 16.0 Å². The van der Waals surface area contributed by atoms with Crippen LogP contribution in [0.25, 0.3) is 0 Å². The largest absolute Gasteiger partial charge is 0.396 e. The van der Waals surface area contributed by atoms with E-state index in [2.05, 4.69) is 36.7 Å². The van der Waals surface area contributed by atoms with Crippen molar-refractivity contribution in [2.75, 3.05) is 20.2 Å². The van der Waals surface area contributed by atoms with Gasteiger partial charge in [0, 0.05) is 35.7 Å². The zero-order chi connectivity index (χ0) is 26.7. The first-order valence-corrected chi connectivity index (χ1v) is 12.9. The third-order valence-corrected chi connectivity index (χ3v) is 7.36. The second-order valence-corrected chi connectivity index (χ2v) is 11.4. The topological polar surface area (TPSA) is 73.4 Å². The van der Waals surface area contributed by atoms with E-state index in [1.54, 1.807) is 25.2 Å². The van der Waals surface area contributed by atoms with Gasteiger partial charge in [-0.25, -0.2) is 8.78 Å². The van der Waals surface area contributed by atoms with Crippen molar-refractivity contribution in [3.05, 3.63) is 69.2 Å². The fourth-order valence-corrected chi connectivity index (χ4v) is 5.70. The number of amides is 1. The van der Waals surface area contributed by atoms with Crippen LogP contribution in [0.3, 0.4) is 0 Å². The zero-order valence-corrected chi connectivity index (χ0v) is 22.6. The molecular weight excluding hydrogens is 507 g/mol. The molecule has 36 heavy (non-hydrogen) atoms. The molecule has 0 saturated carbocycles. The second-order valence-electron chi connectivity index (χ2n) is 10.6. The molecular formula is C27H35Cl2F2N3O2. The lowest BCUT2D eigenvalue weighted by Gasteiger charge is -2.43. The lowest BCUT2D eigenvalue weighted by Crippen LogP contribution is -2.54. The van der Waals surface area contributed by atoms with Gasteiger partial charge in [-0.05, 0) is 61.6 Å². The first-order valence-electron chi connectivity index (χ1n) is 12.2. The van der Waals surface area contributed by atoms with Gasteiger partial charge in [0.25, 0.3) is 0 Å². The Kier molecular flexibility index (Phi) is 9.39. The van der Waals surface area contributed by atoms with Gasteiger partial charge in [-0.3, -0.25) is 4.79 Å². The van der Waals surface area contributed by atoms with Crippen LogP contribution in [0.4, 0.5) is 8.78 Å². The van der Waals surface area contributed by atoms with Gasteiger partial charge in [0.1, 0.15) is 11.6 Å². The quantitative estimate of drug-likeness (QED) is 0.332. The van der Waals surface area contributed by atoms with Gasteiger partial charge in [0.2, 0.25) is 5.91 Å². The minimum absolute atomic E-state index is 0.0423. The highest BCUT2D eigenvalue weighted by atomic mass is 35.5. The van der Waals surface area contributed by atoms with Crippen LogP contribution in [0, 0.1) is 17.0 Å². The molecule has 1 saturated heterocycles. The maximum absolute atomic E-state index is 15.6. The van der Waals surface area contributed by atoms with E-state index in [0.29, 0.717) is 36.9 Å². The van der Waals surface area contributed by atoms with E-state index in [-0.39, 0.29) is 34.0 Å². The summed E-state index contributed by atoms with van der Waals surface area (Å²) in [7, 11) is 1.74. The molecule has 1 amide bonds. The van der Waals surface area contributed by atoms with Crippen molar-refractivity contribution < 1.29 is 18.7 Å². The van der Waals surface area contributed by atoms with Gasteiger partial charge in [0.05, 0.1) is 16.6 Å². The number of hydrogen-bond donors (Lipinski definition) is 4. The average Bonchev–Trinajstić information content (AvgIpc) is 3.11. The van der Waals surface area contributed by atoms with Crippen LogP contribution in [-0.4, -0.2) is 43.3 Å². The van der Waals surface area contributed by atoms with E-state index in [0.717, 1.165) is 0 Å². The van der Waals surface area contributed by atoms with Crippen molar-refractivity contribution in [2.45, 2.75) is 63.6 Å². The Morgan fingerprint density at radius 3 is 2.42 bits per heavy atom. The van der Waals surface area contributed by atoms with Crippen LogP contribution in [0.5, 0.6) is 0 Å². The van der Waals surface area contributed by atoms with Crippen molar-refractivity contribution in [2.24, 2.45) is 5.41 Å². The molecule has 0 spiro atoms. The van der Waals surface area contributed by atoms with Gasteiger partial charge in [-0.15, -0.1) is 0 Å². The molecule has 1 fully saturated rings. The Morgan fingerprint density at radius 1 is 1.11 bits per heavy atom. The number of aliphatic hydroxyl groups is 1. The van der Waals surface area contributed by atoms with Crippen molar-refractivity contribution in [1.29, 1.82) is 0 Å². The number of halogens is 4. The highest BCUT2D eigenvalue weighted by Gasteiger charge is 2.59. The molecule has 198 valence electrons. The van der Waals surface area contributed by atoms with Crippen molar-refractivity contribution >= 4 is 29.1 Å². The van der Waals surface area contributed by atoms with Crippen LogP contribution >= 0.6 is 23.2 Å². The molecule has 1 aliphatic heterocycles. The summed E-state index contributed by atoms with van der Waals surface area (Å²) < 4.78 is 29.8. The molecule has 2 aromatic carbocycles. The lowest BCUT2D eigenvalue weighted by atomic mass is 9.68. The number of benzene rings is 2. The number of carbonyl (C=O) groups is 1. The molecule has 4 atom stereocenters. The molecule has 5 nitrogen and oxygen atoms in total. The fourth-order valence-electron chi connectivity index (χ4n) is 5.35. The normalized spacial score (nSPS) is 24.2. The van der Waals surface area contributed by atoms with Crippen LogP contribution in [0.15, 0.2) is 36.4 Å². The van der Waals surface area contributed by atoms with Gasteiger partial charge in [0.15, 0.2) is 0 Å². The molecule has 1 aliphatic rings. The summed E-state index contributed by atoms with van der Waals surface area (Å²) in [6, 6.07) is 7.77. The Labute approximate surface area is 221 Å². The molecule has 0 radical (unpaired) electrons. The third-order valence-electron chi connectivity index (χ3n) is 6.83. The number of carbonyl (C=O) groups excluding carboxylic acids is 1.